The van der Waals surface area contributed by atoms with Crippen molar-refractivity contribution in [3.05, 3.63) is 27.7 Å². The molecule has 0 aliphatic carbocycles. The summed E-state index contributed by atoms with van der Waals surface area (Å²) in [5.41, 5.74) is 2.94. The number of phenols is 1. The molecule has 0 fully saturated rings. The maximum absolute atomic E-state index is 11.0. The lowest BCUT2D eigenvalue weighted by Gasteiger charge is -2.18. The topological polar surface area (TPSA) is 49.7 Å². The monoisotopic (exact) mass is 221 g/mol. The van der Waals surface area contributed by atoms with E-state index in [1.165, 1.54) is 0 Å². The Balaban J connectivity index is 3.61. The van der Waals surface area contributed by atoms with Crippen LogP contribution >= 0.6 is 0 Å². The second-order valence-corrected chi connectivity index (χ2v) is 4.77. The molecule has 3 heteroatoms. The van der Waals surface area contributed by atoms with Gasteiger partial charge in [0.1, 0.15) is 11.4 Å². The van der Waals surface area contributed by atoms with E-state index in [2.05, 4.69) is 5.18 Å². The predicted octanol–water partition coefficient (Wildman–Crippen LogP) is 4.35. The Morgan fingerprint density at radius 1 is 1.19 bits per heavy atom. The standard InChI is InChI=1S/C13H19NO2/c1-7(2)10-6-11(15)9(5)12(8(3)4)13(10)14-16/h6-8,15H,1-5H3. The van der Waals surface area contributed by atoms with Gasteiger partial charge in [0.25, 0.3) is 0 Å². The molecule has 0 aromatic heterocycles. The number of hydrogen-bond acceptors (Lipinski definition) is 3. The van der Waals surface area contributed by atoms with Crippen molar-refractivity contribution < 1.29 is 5.11 Å². The van der Waals surface area contributed by atoms with E-state index in [0.717, 1.165) is 16.7 Å². The Labute approximate surface area is 96.5 Å². The average Bonchev–Trinajstić information content (AvgIpc) is 2.20. The Morgan fingerprint density at radius 2 is 1.75 bits per heavy atom. The minimum atomic E-state index is 0.177. The molecule has 16 heavy (non-hydrogen) atoms. The summed E-state index contributed by atoms with van der Waals surface area (Å²) in [5.74, 6) is 0.605. The molecular formula is C13H19NO2. The lowest BCUT2D eigenvalue weighted by atomic mass is 9.89. The van der Waals surface area contributed by atoms with Crippen molar-refractivity contribution in [2.75, 3.05) is 0 Å². The highest BCUT2D eigenvalue weighted by molar-refractivity contribution is 5.62. The summed E-state index contributed by atoms with van der Waals surface area (Å²) < 4.78 is 0. The summed E-state index contributed by atoms with van der Waals surface area (Å²) >= 11 is 0. The van der Waals surface area contributed by atoms with Gasteiger partial charge in [0, 0.05) is 0 Å². The fourth-order valence-electron chi connectivity index (χ4n) is 2.04. The van der Waals surface area contributed by atoms with Crippen LogP contribution in [0.4, 0.5) is 5.69 Å². The highest BCUT2D eigenvalue weighted by Gasteiger charge is 2.19. The molecule has 0 amide bonds. The number of hydrogen-bond donors (Lipinski definition) is 1. The van der Waals surface area contributed by atoms with E-state index >= 15 is 0 Å². The Kier molecular flexibility index (Phi) is 3.68. The smallest absolute Gasteiger partial charge is 0.119 e. The quantitative estimate of drug-likeness (QED) is 0.771. The molecule has 0 atom stereocenters. The molecule has 0 heterocycles. The second-order valence-electron chi connectivity index (χ2n) is 4.77. The summed E-state index contributed by atoms with van der Waals surface area (Å²) in [7, 11) is 0. The zero-order valence-corrected chi connectivity index (χ0v) is 10.5. The van der Waals surface area contributed by atoms with Crippen LogP contribution in [0.15, 0.2) is 11.2 Å². The van der Waals surface area contributed by atoms with Crippen molar-refractivity contribution in [2.45, 2.75) is 46.5 Å². The molecule has 1 N–H and O–H groups in total. The lowest BCUT2D eigenvalue weighted by molar-refractivity contribution is 0.468. The van der Waals surface area contributed by atoms with E-state index in [9.17, 15) is 10.0 Å². The molecular weight excluding hydrogens is 202 g/mol. The van der Waals surface area contributed by atoms with Gasteiger partial charge in [-0.1, -0.05) is 27.7 Å². The van der Waals surface area contributed by atoms with E-state index in [-0.39, 0.29) is 17.6 Å². The fraction of sp³-hybridized carbons (Fsp3) is 0.538. The third kappa shape index (κ3) is 2.08. The van der Waals surface area contributed by atoms with Gasteiger partial charge in [-0.25, -0.2) is 0 Å². The predicted molar refractivity (Wildman–Crippen MR) is 66.5 cm³/mol. The van der Waals surface area contributed by atoms with E-state index in [0.29, 0.717) is 5.69 Å². The van der Waals surface area contributed by atoms with Crippen molar-refractivity contribution in [2.24, 2.45) is 5.18 Å². The molecule has 3 nitrogen and oxygen atoms in total. The number of benzene rings is 1. The number of nitrogens with zero attached hydrogens (tertiary/aromatic N) is 1. The maximum Gasteiger partial charge on any atom is 0.119 e. The Hall–Kier alpha value is -1.38. The van der Waals surface area contributed by atoms with Gasteiger partial charge in [0.2, 0.25) is 0 Å². The average molecular weight is 221 g/mol. The van der Waals surface area contributed by atoms with Crippen LogP contribution in [-0.2, 0) is 0 Å². The van der Waals surface area contributed by atoms with Crippen molar-refractivity contribution in [1.29, 1.82) is 0 Å². The first kappa shape index (κ1) is 12.7. The number of rotatable bonds is 3. The highest BCUT2D eigenvalue weighted by atomic mass is 16.3. The van der Waals surface area contributed by atoms with Crippen LogP contribution in [0.3, 0.4) is 0 Å². The van der Waals surface area contributed by atoms with Gasteiger partial charge < -0.3 is 5.11 Å². The molecule has 1 aromatic rings. The molecule has 88 valence electrons. The van der Waals surface area contributed by atoms with Crippen LogP contribution in [-0.4, -0.2) is 5.11 Å². The van der Waals surface area contributed by atoms with Crippen LogP contribution in [0.2, 0.25) is 0 Å². The number of nitroso groups, excluding NO2 is 1. The molecule has 0 bridgehead atoms. The van der Waals surface area contributed by atoms with Gasteiger partial charge in [0.15, 0.2) is 0 Å². The van der Waals surface area contributed by atoms with Crippen LogP contribution in [0.25, 0.3) is 0 Å². The molecule has 0 unspecified atom stereocenters. The van der Waals surface area contributed by atoms with E-state index in [1.54, 1.807) is 6.07 Å². The van der Waals surface area contributed by atoms with Crippen LogP contribution in [0, 0.1) is 11.8 Å². The molecule has 0 radical (unpaired) electrons. The Morgan fingerprint density at radius 3 is 2.12 bits per heavy atom. The maximum atomic E-state index is 11.0. The Bertz CT molecular complexity index is 409. The second kappa shape index (κ2) is 4.64. The molecule has 0 saturated heterocycles. The third-order valence-electron chi connectivity index (χ3n) is 2.90. The van der Waals surface area contributed by atoms with Crippen molar-refractivity contribution in [3.63, 3.8) is 0 Å². The van der Waals surface area contributed by atoms with Gasteiger partial charge in [-0.3, -0.25) is 0 Å². The zero-order chi connectivity index (χ0) is 12.5. The molecule has 1 aromatic carbocycles. The van der Waals surface area contributed by atoms with Gasteiger partial charge in [-0.2, -0.15) is 0 Å². The highest BCUT2D eigenvalue weighted by Crippen LogP contribution is 2.40. The molecule has 0 aliphatic heterocycles. The van der Waals surface area contributed by atoms with Crippen LogP contribution in [0.5, 0.6) is 5.75 Å². The minimum absolute atomic E-state index is 0.177. The summed E-state index contributed by atoms with van der Waals surface area (Å²) in [6.07, 6.45) is 0. The number of aromatic hydroxyl groups is 1. The normalized spacial score (nSPS) is 11.2. The first-order chi connectivity index (χ1) is 7.40. The van der Waals surface area contributed by atoms with E-state index in [4.69, 9.17) is 0 Å². The first-order valence-corrected chi connectivity index (χ1v) is 5.59. The van der Waals surface area contributed by atoms with Crippen molar-refractivity contribution >= 4 is 5.69 Å². The third-order valence-corrected chi connectivity index (χ3v) is 2.90. The SMILES string of the molecule is Cc1c(O)cc(C(C)C)c(N=O)c1C(C)C. The van der Waals surface area contributed by atoms with E-state index in [1.807, 2.05) is 34.6 Å². The molecule has 0 saturated carbocycles. The molecule has 1 rings (SSSR count). The molecule has 0 spiro atoms. The lowest BCUT2D eigenvalue weighted by Crippen LogP contribution is -1.99. The summed E-state index contributed by atoms with van der Waals surface area (Å²) in [6, 6.07) is 1.66. The van der Waals surface area contributed by atoms with Gasteiger partial charge in [0.05, 0.1) is 0 Å². The summed E-state index contributed by atoms with van der Waals surface area (Å²) in [6.45, 7) is 9.80. The minimum Gasteiger partial charge on any atom is -0.508 e. The van der Waals surface area contributed by atoms with Crippen molar-refractivity contribution in [3.8, 4) is 5.75 Å². The summed E-state index contributed by atoms with van der Waals surface area (Å²) in [5, 5.41) is 13.0. The van der Waals surface area contributed by atoms with Crippen LogP contribution < -0.4 is 0 Å². The van der Waals surface area contributed by atoms with Crippen molar-refractivity contribution in [1.82, 2.24) is 0 Å². The van der Waals surface area contributed by atoms with Crippen LogP contribution in [0.1, 0.15) is 56.2 Å². The van der Waals surface area contributed by atoms with Gasteiger partial charge >= 0.3 is 0 Å². The fourth-order valence-corrected chi connectivity index (χ4v) is 2.04. The number of phenolic OH excluding ortho intramolecular Hbond substituents is 1. The first-order valence-electron chi connectivity index (χ1n) is 5.59. The van der Waals surface area contributed by atoms with Gasteiger partial charge in [-0.05, 0) is 46.7 Å². The zero-order valence-electron chi connectivity index (χ0n) is 10.5. The van der Waals surface area contributed by atoms with Gasteiger partial charge in [-0.15, -0.1) is 4.91 Å². The summed E-state index contributed by atoms with van der Waals surface area (Å²) in [4.78, 5) is 11.0. The van der Waals surface area contributed by atoms with E-state index < -0.39 is 0 Å². The molecule has 0 aliphatic rings. The largest absolute Gasteiger partial charge is 0.508 e.